The molecule has 3 aromatic heterocycles. The number of fused-ring (bicyclic) bond motifs is 2. The van der Waals surface area contributed by atoms with E-state index in [1.54, 1.807) is 35.5 Å². The Hall–Kier alpha value is -3.78. The number of rotatable bonds is 5. The zero-order valence-electron chi connectivity index (χ0n) is 16.7. The maximum absolute atomic E-state index is 13.4. The fourth-order valence-electron chi connectivity index (χ4n) is 3.46. The lowest BCUT2D eigenvalue weighted by molar-refractivity contribution is -0.119. The number of carbonyl (C=O) groups excluding carboxylic acids is 1. The van der Waals surface area contributed by atoms with E-state index in [2.05, 4.69) is 16.0 Å². The Balaban J connectivity index is 1.54. The minimum atomic E-state index is -0.559. The highest BCUT2D eigenvalue weighted by atomic mass is 32.1. The number of hydrogen-bond donors (Lipinski definition) is 0. The third-order valence-corrected chi connectivity index (χ3v) is 6.04. The van der Waals surface area contributed by atoms with Gasteiger partial charge < -0.3 is 4.42 Å². The van der Waals surface area contributed by atoms with Gasteiger partial charge in [0.05, 0.1) is 22.3 Å². The van der Waals surface area contributed by atoms with Crippen molar-refractivity contribution in [1.29, 1.82) is 0 Å². The molecule has 0 N–H and O–H groups in total. The molecule has 3 heterocycles. The summed E-state index contributed by atoms with van der Waals surface area (Å²) in [6.07, 6.45) is 3.41. The third-order valence-electron chi connectivity index (χ3n) is 5.00. The SMILES string of the molecule is Cc1ccc2nc(N(Cc3cccnc3)C(=O)Cn3c(=O)oc4ccccc43)sc2c1. The van der Waals surface area contributed by atoms with Crippen LogP contribution in [0.4, 0.5) is 5.13 Å². The summed E-state index contributed by atoms with van der Waals surface area (Å²) >= 11 is 1.45. The van der Waals surface area contributed by atoms with Crippen LogP contribution >= 0.6 is 11.3 Å². The van der Waals surface area contributed by atoms with Crippen LogP contribution in [0.3, 0.4) is 0 Å². The van der Waals surface area contributed by atoms with Crippen LogP contribution in [0, 0.1) is 6.92 Å². The zero-order valence-corrected chi connectivity index (χ0v) is 17.5. The molecule has 154 valence electrons. The zero-order chi connectivity index (χ0) is 21.4. The highest BCUT2D eigenvalue weighted by Crippen LogP contribution is 2.30. The van der Waals surface area contributed by atoms with Gasteiger partial charge in [0.25, 0.3) is 0 Å². The van der Waals surface area contributed by atoms with Crippen molar-refractivity contribution < 1.29 is 9.21 Å². The smallest absolute Gasteiger partial charge is 0.408 e. The lowest BCUT2D eigenvalue weighted by Crippen LogP contribution is -2.35. The third kappa shape index (κ3) is 3.73. The predicted molar refractivity (Wildman–Crippen MR) is 120 cm³/mol. The van der Waals surface area contributed by atoms with E-state index in [0.717, 1.165) is 21.3 Å². The molecular formula is C23H18N4O3S. The van der Waals surface area contributed by atoms with Crippen LogP contribution in [-0.4, -0.2) is 20.4 Å². The molecule has 0 radical (unpaired) electrons. The van der Waals surface area contributed by atoms with Crippen molar-refractivity contribution in [3.05, 3.63) is 88.7 Å². The lowest BCUT2D eigenvalue weighted by atomic mass is 10.2. The van der Waals surface area contributed by atoms with Crippen LogP contribution in [0.2, 0.25) is 0 Å². The van der Waals surface area contributed by atoms with Crippen LogP contribution in [-0.2, 0) is 17.9 Å². The largest absolute Gasteiger partial charge is 0.420 e. The molecule has 0 unspecified atom stereocenters. The second-order valence-corrected chi connectivity index (χ2v) is 8.24. The Labute approximate surface area is 181 Å². The van der Waals surface area contributed by atoms with Crippen LogP contribution in [0.25, 0.3) is 21.3 Å². The highest BCUT2D eigenvalue weighted by Gasteiger charge is 2.23. The van der Waals surface area contributed by atoms with Crippen molar-refractivity contribution in [3.63, 3.8) is 0 Å². The topological polar surface area (TPSA) is 81.2 Å². The predicted octanol–water partition coefficient (Wildman–Crippen LogP) is 4.14. The van der Waals surface area contributed by atoms with Gasteiger partial charge in [0.2, 0.25) is 5.91 Å². The molecule has 0 aliphatic rings. The molecule has 7 nitrogen and oxygen atoms in total. The molecule has 0 bridgehead atoms. The minimum absolute atomic E-state index is 0.148. The van der Waals surface area contributed by atoms with E-state index in [4.69, 9.17) is 4.42 Å². The van der Waals surface area contributed by atoms with Gasteiger partial charge in [-0.2, -0.15) is 0 Å². The van der Waals surface area contributed by atoms with Crippen molar-refractivity contribution in [2.45, 2.75) is 20.0 Å². The molecular weight excluding hydrogens is 412 g/mol. The number of nitrogens with zero attached hydrogens (tertiary/aromatic N) is 4. The Morgan fingerprint density at radius 2 is 2.03 bits per heavy atom. The van der Waals surface area contributed by atoms with Gasteiger partial charge >= 0.3 is 5.76 Å². The molecule has 0 aliphatic heterocycles. The number of hydrogen-bond acceptors (Lipinski definition) is 6. The van der Waals surface area contributed by atoms with Crippen LogP contribution in [0.5, 0.6) is 0 Å². The van der Waals surface area contributed by atoms with Crippen LogP contribution in [0.1, 0.15) is 11.1 Å². The average Bonchev–Trinajstić information content (AvgIpc) is 3.33. The van der Waals surface area contributed by atoms with E-state index in [0.29, 0.717) is 22.8 Å². The summed E-state index contributed by atoms with van der Waals surface area (Å²) in [5.41, 5.74) is 3.87. The maximum atomic E-state index is 13.4. The number of amides is 1. The standard InChI is InChI=1S/C23H18N4O3S/c1-15-8-9-17-20(11-15)31-22(25-17)27(13-16-5-4-10-24-12-16)21(28)14-26-18-6-2-3-7-19(18)30-23(26)29/h2-12H,13-14H2,1H3. The fourth-order valence-corrected chi connectivity index (χ4v) is 4.54. The molecule has 0 fully saturated rings. The second kappa shape index (κ2) is 7.81. The van der Waals surface area contributed by atoms with Gasteiger partial charge in [-0.15, -0.1) is 0 Å². The first-order valence-corrected chi connectivity index (χ1v) is 10.5. The van der Waals surface area contributed by atoms with E-state index >= 15 is 0 Å². The van der Waals surface area contributed by atoms with Crippen LogP contribution < -0.4 is 10.7 Å². The van der Waals surface area contributed by atoms with E-state index in [1.807, 2.05) is 37.3 Å². The number of aryl methyl sites for hydroxylation is 1. The van der Waals surface area contributed by atoms with Crippen molar-refractivity contribution in [2.24, 2.45) is 0 Å². The molecule has 0 aliphatic carbocycles. The molecule has 1 amide bonds. The number of pyridine rings is 1. The molecule has 0 atom stereocenters. The highest BCUT2D eigenvalue weighted by molar-refractivity contribution is 7.22. The van der Waals surface area contributed by atoms with Crippen molar-refractivity contribution in [3.8, 4) is 0 Å². The van der Waals surface area contributed by atoms with Gasteiger partial charge in [-0.1, -0.05) is 35.6 Å². The molecule has 0 saturated heterocycles. The van der Waals surface area contributed by atoms with E-state index in [-0.39, 0.29) is 12.5 Å². The quantitative estimate of drug-likeness (QED) is 0.419. The van der Waals surface area contributed by atoms with Gasteiger partial charge in [-0.25, -0.2) is 9.78 Å². The number of para-hydroxylation sites is 2. The monoisotopic (exact) mass is 430 g/mol. The number of aromatic nitrogens is 3. The number of oxazole rings is 1. The second-order valence-electron chi connectivity index (χ2n) is 7.23. The number of benzene rings is 2. The normalized spacial score (nSPS) is 11.3. The van der Waals surface area contributed by atoms with E-state index in [1.165, 1.54) is 15.9 Å². The summed E-state index contributed by atoms with van der Waals surface area (Å²) in [6.45, 7) is 2.18. The van der Waals surface area contributed by atoms with Gasteiger partial charge in [-0.3, -0.25) is 19.2 Å². The molecule has 5 rings (SSSR count). The van der Waals surface area contributed by atoms with Crippen LogP contribution in [0.15, 0.2) is 76.2 Å². The summed E-state index contributed by atoms with van der Waals surface area (Å²) in [6, 6.07) is 16.8. The van der Waals surface area contributed by atoms with Crippen molar-refractivity contribution in [2.75, 3.05) is 4.90 Å². The first-order chi connectivity index (χ1) is 15.1. The minimum Gasteiger partial charge on any atom is -0.408 e. The Bertz CT molecular complexity index is 1450. The summed E-state index contributed by atoms with van der Waals surface area (Å²) < 4.78 is 7.64. The summed E-state index contributed by atoms with van der Waals surface area (Å²) in [5, 5.41) is 0.579. The molecule has 5 aromatic rings. The maximum Gasteiger partial charge on any atom is 0.420 e. The first kappa shape index (κ1) is 19.2. The van der Waals surface area contributed by atoms with Crippen molar-refractivity contribution >= 4 is 43.7 Å². The van der Waals surface area contributed by atoms with Gasteiger partial charge in [-0.05, 0) is 48.4 Å². The van der Waals surface area contributed by atoms with E-state index < -0.39 is 5.76 Å². The average molecular weight is 430 g/mol. The number of thiazole rings is 1. The molecule has 2 aromatic carbocycles. The summed E-state index contributed by atoms with van der Waals surface area (Å²) in [5.74, 6) is -0.816. The number of carbonyl (C=O) groups is 1. The Kier molecular flexibility index (Phi) is 4.83. The van der Waals surface area contributed by atoms with Gasteiger partial charge in [0.15, 0.2) is 10.7 Å². The Morgan fingerprint density at radius 3 is 2.87 bits per heavy atom. The first-order valence-electron chi connectivity index (χ1n) is 9.73. The lowest BCUT2D eigenvalue weighted by Gasteiger charge is -2.20. The fraction of sp³-hybridized carbons (Fsp3) is 0.130. The molecule has 31 heavy (non-hydrogen) atoms. The van der Waals surface area contributed by atoms with E-state index in [9.17, 15) is 9.59 Å². The van der Waals surface area contributed by atoms with Crippen molar-refractivity contribution in [1.82, 2.24) is 14.5 Å². The summed E-state index contributed by atoms with van der Waals surface area (Å²) in [4.78, 5) is 36.2. The number of anilines is 1. The molecule has 8 heteroatoms. The van der Waals surface area contributed by atoms with Gasteiger partial charge in [0, 0.05) is 12.4 Å². The molecule has 0 saturated carbocycles. The summed E-state index contributed by atoms with van der Waals surface area (Å²) in [7, 11) is 0. The molecule has 0 spiro atoms. The van der Waals surface area contributed by atoms with Gasteiger partial charge in [0.1, 0.15) is 6.54 Å². The Morgan fingerprint density at radius 1 is 1.16 bits per heavy atom.